The molecule has 1 N–H and O–H groups in total. The molecule has 0 aromatic heterocycles. The normalized spacial score (nSPS) is 12.6. The van der Waals surface area contributed by atoms with Crippen molar-refractivity contribution in [2.75, 3.05) is 5.32 Å². The van der Waals surface area contributed by atoms with Crippen LogP contribution in [0.1, 0.15) is 39.2 Å². The highest BCUT2D eigenvalue weighted by Gasteiger charge is 2.34. The molecular weight excluding hydrogens is 307 g/mol. The summed E-state index contributed by atoms with van der Waals surface area (Å²) in [5.74, 6) is 0. The summed E-state index contributed by atoms with van der Waals surface area (Å²) in [4.78, 5) is 0. The van der Waals surface area contributed by atoms with Crippen molar-refractivity contribution >= 4 is 21.6 Å². The highest BCUT2D eigenvalue weighted by Crippen LogP contribution is 2.37. The predicted molar refractivity (Wildman–Crippen MR) is 71.8 cm³/mol. The third-order valence-corrected chi connectivity index (χ3v) is 3.13. The Balaban J connectivity index is 3.09. The van der Waals surface area contributed by atoms with Gasteiger partial charge in [-0.25, -0.2) is 0 Å². The van der Waals surface area contributed by atoms with Crippen molar-refractivity contribution in [3.05, 3.63) is 28.2 Å². The molecule has 1 rings (SSSR count). The molecule has 1 aromatic rings. The van der Waals surface area contributed by atoms with Gasteiger partial charge in [-0.2, -0.15) is 13.2 Å². The van der Waals surface area contributed by atoms with E-state index in [4.69, 9.17) is 0 Å². The summed E-state index contributed by atoms with van der Waals surface area (Å²) in [6, 6.07) is 4.17. The Morgan fingerprint density at radius 1 is 1.22 bits per heavy atom. The van der Waals surface area contributed by atoms with Gasteiger partial charge in [0.2, 0.25) is 0 Å². The minimum absolute atomic E-state index is 0.129. The van der Waals surface area contributed by atoms with Gasteiger partial charge in [0, 0.05) is 15.7 Å². The number of hydrogen-bond acceptors (Lipinski definition) is 1. The second kappa shape index (κ2) is 5.51. The zero-order chi connectivity index (χ0) is 14.0. The van der Waals surface area contributed by atoms with Crippen LogP contribution in [0.25, 0.3) is 0 Å². The van der Waals surface area contributed by atoms with Crippen LogP contribution >= 0.6 is 15.9 Å². The minimum Gasteiger partial charge on any atom is -0.380 e. The van der Waals surface area contributed by atoms with Crippen molar-refractivity contribution in [3.8, 4) is 0 Å². The van der Waals surface area contributed by atoms with Gasteiger partial charge >= 0.3 is 6.18 Å². The Bertz CT molecular complexity index is 413. The van der Waals surface area contributed by atoms with Crippen molar-refractivity contribution in [3.63, 3.8) is 0 Å². The van der Waals surface area contributed by atoms with Gasteiger partial charge in [0.1, 0.15) is 0 Å². The molecule has 102 valence electrons. The Morgan fingerprint density at radius 3 is 2.33 bits per heavy atom. The van der Waals surface area contributed by atoms with Crippen molar-refractivity contribution in [2.24, 2.45) is 0 Å². The average Bonchev–Trinajstić information content (AvgIpc) is 2.18. The predicted octanol–water partition coefficient (Wildman–Crippen LogP) is 5.46. The highest BCUT2D eigenvalue weighted by molar-refractivity contribution is 9.10. The molecule has 0 heterocycles. The molecule has 0 radical (unpaired) electrons. The average molecular weight is 324 g/mol. The van der Waals surface area contributed by atoms with Gasteiger partial charge in [0.25, 0.3) is 0 Å². The van der Waals surface area contributed by atoms with Crippen molar-refractivity contribution < 1.29 is 13.2 Å². The minimum atomic E-state index is -4.35. The lowest BCUT2D eigenvalue weighted by molar-refractivity contribution is -0.137. The summed E-state index contributed by atoms with van der Waals surface area (Å²) in [5.41, 5.74) is -0.868. The molecule has 0 aliphatic rings. The summed E-state index contributed by atoms with van der Waals surface area (Å²) in [5, 5.41) is 2.98. The number of anilines is 1. The van der Waals surface area contributed by atoms with E-state index < -0.39 is 11.7 Å². The van der Waals surface area contributed by atoms with Gasteiger partial charge in [-0.15, -0.1) is 0 Å². The smallest absolute Gasteiger partial charge is 0.380 e. The van der Waals surface area contributed by atoms with Gasteiger partial charge in [-0.05, 0) is 38.5 Å². The maximum atomic E-state index is 12.9. The fraction of sp³-hybridized carbons (Fsp3) is 0.538. The molecule has 0 atom stereocenters. The monoisotopic (exact) mass is 323 g/mol. The molecule has 0 saturated carbocycles. The van der Waals surface area contributed by atoms with E-state index in [1.807, 2.05) is 20.8 Å². The summed E-state index contributed by atoms with van der Waals surface area (Å²) in [6.07, 6.45) is -2.63. The lowest BCUT2D eigenvalue weighted by Gasteiger charge is -2.29. The van der Waals surface area contributed by atoms with E-state index in [2.05, 4.69) is 21.2 Å². The third kappa shape index (κ3) is 4.19. The number of benzene rings is 1. The molecule has 0 fully saturated rings. The molecule has 0 saturated heterocycles. The van der Waals surface area contributed by atoms with Crippen LogP contribution < -0.4 is 5.32 Å². The Labute approximate surface area is 114 Å². The summed E-state index contributed by atoms with van der Waals surface area (Å²) < 4.78 is 39.2. The van der Waals surface area contributed by atoms with Crippen LogP contribution in [-0.4, -0.2) is 5.54 Å². The van der Waals surface area contributed by atoms with Crippen LogP contribution in [0.2, 0.25) is 0 Å². The van der Waals surface area contributed by atoms with Gasteiger partial charge in [-0.1, -0.05) is 29.3 Å². The fourth-order valence-corrected chi connectivity index (χ4v) is 2.27. The molecule has 5 heteroatoms. The number of alkyl halides is 3. The van der Waals surface area contributed by atoms with Crippen LogP contribution in [-0.2, 0) is 6.18 Å². The molecule has 0 bridgehead atoms. The summed E-state index contributed by atoms with van der Waals surface area (Å²) in [6.45, 7) is 5.81. The Hall–Kier alpha value is -0.710. The van der Waals surface area contributed by atoms with Crippen LogP contribution in [0.4, 0.5) is 18.9 Å². The second-order valence-corrected chi connectivity index (χ2v) is 5.86. The molecule has 0 unspecified atom stereocenters. The first-order valence-electron chi connectivity index (χ1n) is 5.80. The molecule has 1 nitrogen and oxygen atoms in total. The van der Waals surface area contributed by atoms with E-state index in [9.17, 15) is 13.2 Å². The van der Waals surface area contributed by atoms with Crippen LogP contribution in [0.3, 0.4) is 0 Å². The van der Waals surface area contributed by atoms with Crippen molar-refractivity contribution in [1.29, 1.82) is 0 Å². The van der Waals surface area contributed by atoms with E-state index in [0.717, 1.165) is 18.9 Å². The first-order chi connectivity index (χ1) is 8.15. The standard InChI is InChI=1S/C13H17BrF3N/c1-4-7-12(2,3)18-11-6-5-9(14)8-10(11)13(15,16)17/h5-6,8,18H,4,7H2,1-3H3. The van der Waals surface area contributed by atoms with E-state index in [1.54, 1.807) is 6.07 Å². The summed E-state index contributed by atoms with van der Waals surface area (Å²) in [7, 11) is 0. The number of hydrogen-bond donors (Lipinski definition) is 1. The highest BCUT2D eigenvalue weighted by atomic mass is 79.9. The lowest BCUT2D eigenvalue weighted by Crippen LogP contribution is -2.31. The van der Waals surface area contributed by atoms with Gasteiger partial charge < -0.3 is 5.32 Å². The Morgan fingerprint density at radius 2 is 1.83 bits per heavy atom. The maximum Gasteiger partial charge on any atom is 0.418 e. The van der Waals surface area contributed by atoms with Crippen LogP contribution in [0, 0.1) is 0 Å². The molecular formula is C13H17BrF3N. The first-order valence-corrected chi connectivity index (χ1v) is 6.60. The van der Waals surface area contributed by atoms with Crippen LogP contribution in [0.5, 0.6) is 0 Å². The first kappa shape index (κ1) is 15.3. The Kier molecular flexibility index (Phi) is 4.70. The lowest BCUT2D eigenvalue weighted by atomic mass is 9.97. The zero-order valence-corrected chi connectivity index (χ0v) is 12.2. The topological polar surface area (TPSA) is 12.0 Å². The van der Waals surface area contributed by atoms with Crippen LogP contribution in [0.15, 0.2) is 22.7 Å². The van der Waals surface area contributed by atoms with Gasteiger partial charge in [-0.3, -0.25) is 0 Å². The van der Waals surface area contributed by atoms with Gasteiger partial charge in [0.05, 0.1) is 5.56 Å². The number of halogens is 4. The van der Waals surface area contributed by atoms with E-state index in [0.29, 0.717) is 4.47 Å². The molecule has 0 aliphatic heterocycles. The van der Waals surface area contributed by atoms with E-state index in [1.165, 1.54) is 6.07 Å². The largest absolute Gasteiger partial charge is 0.418 e. The maximum absolute atomic E-state index is 12.9. The molecule has 1 aromatic carbocycles. The van der Waals surface area contributed by atoms with Crippen molar-refractivity contribution in [1.82, 2.24) is 0 Å². The fourth-order valence-electron chi connectivity index (χ4n) is 1.91. The SMILES string of the molecule is CCCC(C)(C)Nc1ccc(Br)cc1C(F)(F)F. The quantitative estimate of drug-likeness (QED) is 0.775. The zero-order valence-electron chi connectivity index (χ0n) is 10.7. The number of nitrogens with one attached hydrogen (secondary N) is 1. The molecule has 18 heavy (non-hydrogen) atoms. The van der Waals surface area contributed by atoms with E-state index >= 15 is 0 Å². The molecule has 0 amide bonds. The van der Waals surface area contributed by atoms with Crippen molar-refractivity contribution in [2.45, 2.75) is 45.3 Å². The van der Waals surface area contributed by atoms with Gasteiger partial charge in [0.15, 0.2) is 0 Å². The number of rotatable bonds is 4. The molecule has 0 aliphatic carbocycles. The second-order valence-electron chi connectivity index (χ2n) is 4.95. The summed E-state index contributed by atoms with van der Waals surface area (Å²) >= 11 is 3.07. The molecule has 0 spiro atoms. The van der Waals surface area contributed by atoms with E-state index in [-0.39, 0.29) is 11.2 Å². The third-order valence-electron chi connectivity index (χ3n) is 2.64.